The molecule has 9 heteroatoms. The van der Waals surface area contributed by atoms with Gasteiger partial charge >= 0.3 is 11.7 Å². The molecule has 1 fully saturated rings. The van der Waals surface area contributed by atoms with Crippen molar-refractivity contribution in [2.75, 3.05) is 13.7 Å². The third kappa shape index (κ3) is 3.74. The Hall–Kier alpha value is -3.75. The van der Waals surface area contributed by atoms with Crippen molar-refractivity contribution in [2.24, 2.45) is 0 Å². The van der Waals surface area contributed by atoms with Crippen LogP contribution in [-0.2, 0) is 16.1 Å². The smallest absolute Gasteiger partial charge is 0.338 e. The maximum Gasteiger partial charge on any atom is 0.338 e. The van der Waals surface area contributed by atoms with Crippen LogP contribution in [0.3, 0.4) is 0 Å². The van der Waals surface area contributed by atoms with Crippen LogP contribution in [0, 0.1) is 0 Å². The highest BCUT2D eigenvalue weighted by Crippen LogP contribution is 2.40. The average Bonchev–Trinajstić information content (AvgIpc) is 3.62. The standard InChI is InChI=1S/C22H22N4O5/c1-3-23-17(27)12-25-20(28)18-15(21(29)31-2)11-16(13-9-10-13)24-19(18)26(22(25)30)14-7-5-4-6-8-14/h4-8,11,13H,3,9-10,12H2,1-2H3,(H,23,27). The zero-order valence-corrected chi connectivity index (χ0v) is 17.3. The molecule has 1 aliphatic rings. The van der Waals surface area contributed by atoms with Crippen LogP contribution in [-0.4, -0.2) is 39.6 Å². The zero-order valence-electron chi connectivity index (χ0n) is 17.3. The molecule has 0 aliphatic heterocycles. The first kappa shape index (κ1) is 20.5. The molecule has 160 valence electrons. The van der Waals surface area contributed by atoms with E-state index < -0.39 is 29.7 Å². The predicted octanol–water partition coefficient (Wildman–Crippen LogP) is 1.35. The van der Waals surface area contributed by atoms with E-state index in [0.717, 1.165) is 17.4 Å². The Kier molecular flexibility index (Phi) is 5.41. The number of methoxy groups -OCH3 is 1. The van der Waals surface area contributed by atoms with Crippen molar-refractivity contribution in [1.29, 1.82) is 0 Å². The summed E-state index contributed by atoms with van der Waals surface area (Å²) in [5.41, 5.74) is -0.233. The maximum atomic E-state index is 13.4. The van der Waals surface area contributed by atoms with E-state index in [2.05, 4.69) is 10.3 Å². The number of likely N-dealkylation sites (N-methyl/N-ethyl adjacent to an activating group) is 1. The van der Waals surface area contributed by atoms with Crippen molar-refractivity contribution in [2.45, 2.75) is 32.2 Å². The van der Waals surface area contributed by atoms with Crippen molar-refractivity contribution in [3.05, 3.63) is 68.5 Å². The number of ether oxygens (including phenoxy) is 1. The molecule has 2 heterocycles. The highest BCUT2D eigenvalue weighted by molar-refractivity contribution is 6.02. The van der Waals surface area contributed by atoms with Crippen molar-refractivity contribution >= 4 is 22.9 Å². The topological polar surface area (TPSA) is 112 Å². The molecule has 0 atom stereocenters. The van der Waals surface area contributed by atoms with Gasteiger partial charge in [0.2, 0.25) is 5.91 Å². The summed E-state index contributed by atoms with van der Waals surface area (Å²) in [5, 5.41) is 2.53. The molecule has 31 heavy (non-hydrogen) atoms. The molecular weight excluding hydrogens is 400 g/mol. The molecule has 1 saturated carbocycles. The number of fused-ring (bicyclic) bond motifs is 1. The van der Waals surface area contributed by atoms with E-state index in [4.69, 9.17) is 4.74 Å². The predicted molar refractivity (Wildman–Crippen MR) is 114 cm³/mol. The van der Waals surface area contributed by atoms with E-state index in [9.17, 15) is 19.2 Å². The van der Waals surface area contributed by atoms with Crippen molar-refractivity contribution in [1.82, 2.24) is 19.4 Å². The number of nitrogens with zero attached hydrogens (tertiary/aromatic N) is 3. The maximum absolute atomic E-state index is 13.4. The van der Waals surface area contributed by atoms with E-state index in [-0.39, 0.29) is 22.5 Å². The summed E-state index contributed by atoms with van der Waals surface area (Å²) in [6, 6.07) is 10.3. The van der Waals surface area contributed by atoms with Gasteiger partial charge in [0.05, 0.1) is 23.7 Å². The van der Waals surface area contributed by atoms with Gasteiger partial charge in [0, 0.05) is 18.2 Å². The number of hydrogen-bond donors (Lipinski definition) is 1. The third-order valence-corrected chi connectivity index (χ3v) is 5.20. The van der Waals surface area contributed by atoms with Crippen LogP contribution in [0.2, 0.25) is 0 Å². The third-order valence-electron chi connectivity index (χ3n) is 5.20. The quantitative estimate of drug-likeness (QED) is 0.600. The van der Waals surface area contributed by atoms with E-state index in [1.807, 2.05) is 0 Å². The summed E-state index contributed by atoms with van der Waals surface area (Å²) in [6.45, 7) is 1.62. The number of carbonyl (C=O) groups is 2. The summed E-state index contributed by atoms with van der Waals surface area (Å²) >= 11 is 0. The van der Waals surface area contributed by atoms with Crippen LogP contribution >= 0.6 is 0 Å². The molecule has 0 bridgehead atoms. The van der Waals surface area contributed by atoms with Gasteiger partial charge in [-0.2, -0.15) is 0 Å². The van der Waals surface area contributed by atoms with E-state index in [0.29, 0.717) is 17.9 Å². The molecule has 0 radical (unpaired) electrons. The highest BCUT2D eigenvalue weighted by atomic mass is 16.5. The number of hydrogen-bond acceptors (Lipinski definition) is 6. The number of esters is 1. The number of amides is 1. The second-order valence-electron chi connectivity index (χ2n) is 7.36. The average molecular weight is 422 g/mol. The number of benzene rings is 1. The fourth-order valence-electron chi connectivity index (χ4n) is 3.56. The van der Waals surface area contributed by atoms with Crippen molar-refractivity contribution in [3.63, 3.8) is 0 Å². The zero-order chi connectivity index (χ0) is 22.1. The van der Waals surface area contributed by atoms with E-state index in [1.165, 1.54) is 11.7 Å². The van der Waals surface area contributed by atoms with Crippen LogP contribution in [0.4, 0.5) is 0 Å². The molecule has 1 amide bonds. The van der Waals surface area contributed by atoms with E-state index >= 15 is 0 Å². The largest absolute Gasteiger partial charge is 0.465 e. The van der Waals surface area contributed by atoms with Gasteiger partial charge in [-0.3, -0.25) is 9.59 Å². The van der Waals surface area contributed by atoms with Gasteiger partial charge in [0.1, 0.15) is 6.54 Å². The molecule has 9 nitrogen and oxygen atoms in total. The van der Waals surface area contributed by atoms with E-state index in [1.54, 1.807) is 43.3 Å². The Bertz CT molecular complexity index is 1290. The van der Waals surface area contributed by atoms with Gasteiger partial charge < -0.3 is 10.1 Å². The first-order valence-corrected chi connectivity index (χ1v) is 10.1. The van der Waals surface area contributed by atoms with Crippen LogP contribution < -0.4 is 16.6 Å². The molecule has 1 aromatic carbocycles. The van der Waals surface area contributed by atoms with Gasteiger partial charge in [-0.15, -0.1) is 0 Å². The summed E-state index contributed by atoms with van der Waals surface area (Å²) in [7, 11) is 1.23. The Balaban J connectivity index is 2.12. The lowest BCUT2D eigenvalue weighted by molar-refractivity contribution is -0.121. The van der Waals surface area contributed by atoms with Crippen molar-refractivity contribution in [3.8, 4) is 5.69 Å². The summed E-state index contributed by atoms with van der Waals surface area (Å²) < 4.78 is 7.01. The van der Waals surface area contributed by atoms with Crippen molar-refractivity contribution < 1.29 is 14.3 Å². The van der Waals surface area contributed by atoms with Crippen LogP contribution in [0.5, 0.6) is 0 Å². The molecule has 1 aliphatic carbocycles. The Morgan fingerprint density at radius 2 is 1.90 bits per heavy atom. The Morgan fingerprint density at radius 3 is 2.52 bits per heavy atom. The van der Waals surface area contributed by atoms with Crippen LogP contribution in [0.25, 0.3) is 16.7 Å². The monoisotopic (exact) mass is 422 g/mol. The lowest BCUT2D eigenvalue weighted by atomic mass is 10.1. The molecule has 0 unspecified atom stereocenters. The number of nitrogens with one attached hydrogen (secondary N) is 1. The minimum absolute atomic E-state index is 0.0359. The number of pyridine rings is 1. The van der Waals surface area contributed by atoms with Crippen LogP contribution in [0.1, 0.15) is 41.7 Å². The second kappa shape index (κ2) is 8.17. The molecule has 4 rings (SSSR count). The fourth-order valence-corrected chi connectivity index (χ4v) is 3.56. The van der Waals surface area contributed by atoms with Gasteiger partial charge in [-0.1, -0.05) is 18.2 Å². The summed E-state index contributed by atoms with van der Waals surface area (Å²) in [5.74, 6) is -1.01. The number of para-hydroxylation sites is 1. The Labute approximate surface area is 177 Å². The lowest BCUT2D eigenvalue weighted by Gasteiger charge is -2.16. The molecular formula is C22H22N4O5. The minimum atomic E-state index is -0.756. The first-order valence-electron chi connectivity index (χ1n) is 10.1. The number of rotatable bonds is 6. The summed E-state index contributed by atoms with van der Waals surface area (Å²) in [6.07, 6.45) is 1.84. The van der Waals surface area contributed by atoms with Crippen LogP contribution in [0.15, 0.2) is 46.0 Å². The highest BCUT2D eigenvalue weighted by Gasteiger charge is 2.30. The minimum Gasteiger partial charge on any atom is -0.465 e. The molecule has 2 aromatic heterocycles. The van der Waals surface area contributed by atoms with Gasteiger partial charge in [0.25, 0.3) is 5.56 Å². The van der Waals surface area contributed by atoms with Gasteiger partial charge in [0.15, 0.2) is 5.65 Å². The molecule has 1 N–H and O–H groups in total. The first-order chi connectivity index (χ1) is 15.0. The molecule has 0 spiro atoms. The Morgan fingerprint density at radius 1 is 1.19 bits per heavy atom. The van der Waals surface area contributed by atoms with Gasteiger partial charge in [-0.25, -0.2) is 23.7 Å². The molecule has 3 aromatic rings. The fraction of sp³-hybridized carbons (Fsp3) is 0.318. The summed E-state index contributed by atoms with van der Waals surface area (Å²) in [4.78, 5) is 56.1. The number of aromatic nitrogens is 3. The number of carbonyl (C=O) groups excluding carboxylic acids is 2. The molecule has 0 saturated heterocycles. The lowest BCUT2D eigenvalue weighted by Crippen LogP contribution is -2.44. The van der Waals surface area contributed by atoms with Gasteiger partial charge in [-0.05, 0) is 38.0 Å². The normalized spacial score (nSPS) is 13.2. The SMILES string of the molecule is CCNC(=O)Cn1c(=O)c2c(C(=O)OC)cc(C3CC3)nc2n(-c2ccccc2)c1=O. The second-order valence-corrected chi connectivity index (χ2v) is 7.36.